The van der Waals surface area contributed by atoms with Crippen LogP contribution in [0, 0.1) is 5.92 Å². The van der Waals surface area contributed by atoms with E-state index in [1.165, 1.54) is 0 Å². The zero-order valence-electron chi connectivity index (χ0n) is 13.5. The number of ether oxygens (including phenoxy) is 1. The third kappa shape index (κ3) is 7.02. The van der Waals surface area contributed by atoms with Crippen LogP contribution in [-0.2, 0) is 6.54 Å². The van der Waals surface area contributed by atoms with Crippen molar-refractivity contribution in [2.75, 3.05) is 19.7 Å². The topological polar surface area (TPSA) is 50.8 Å². The Balaban J connectivity index is 0.00000400. The second-order valence-electron chi connectivity index (χ2n) is 5.16. The molecule has 0 bridgehead atoms. The molecule has 4 nitrogen and oxygen atoms in total. The Bertz CT molecular complexity index is 431. The smallest absolute Gasteiger partial charge is 0.191 e. The molecule has 0 aliphatic rings. The maximum absolute atomic E-state index is 5.99. The maximum Gasteiger partial charge on any atom is 0.191 e. The molecular weight excluding hydrogens is 377 g/mol. The van der Waals surface area contributed by atoms with Crippen molar-refractivity contribution in [2.45, 2.75) is 34.2 Å². The molecule has 0 aromatic heterocycles. The fourth-order valence-electron chi connectivity index (χ4n) is 1.85. The van der Waals surface area contributed by atoms with Crippen molar-refractivity contribution in [3.63, 3.8) is 0 Å². The van der Waals surface area contributed by atoms with Crippen LogP contribution in [0.3, 0.4) is 0 Å². The molecule has 1 aromatic rings. The maximum atomic E-state index is 5.99. The lowest BCUT2D eigenvalue weighted by atomic mass is 10.2. The molecule has 0 atom stereocenters. The molecule has 0 unspecified atom stereocenters. The van der Waals surface area contributed by atoms with Crippen molar-refractivity contribution in [3.05, 3.63) is 29.8 Å². The van der Waals surface area contributed by atoms with Gasteiger partial charge in [0.25, 0.3) is 0 Å². The molecule has 0 spiro atoms. The van der Waals surface area contributed by atoms with Crippen LogP contribution in [0.5, 0.6) is 5.75 Å². The first-order chi connectivity index (χ1) is 9.58. The first-order valence-corrected chi connectivity index (χ1v) is 7.34. The molecular formula is C16H28IN3O. The Labute approximate surface area is 145 Å². The second-order valence-corrected chi connectivity index (χ2v) is 5.16. The first-order valence-electron chi connectivity index (χ1n) is 7.34. The number of aliphatic imine (C=N–C) groups is 1. The van der Waals surface area contributed by atoms with Gasteiger partial charge in [-0.15, -0.1) is 24.0 Å². The molecule has 1 aromatic carbocycles. The summed E-state index contributed by atoms with van der Waals surface area (Å²) in [6, 6.07) is 8.01. The van der Waals surface area contributed by atoms with Gasteiger partial charge in [0, 0.05) is 18.7 Å². The van der Waals surface area contributed by atoms with E-state index in [4.69, 9.17) is 10.5 Å². The molecule has 0 amide bonds. The summed E-state index contributed by atoms with van der Waals surface area (Å²) in [6.45, 7) is 11.4. The van der Waals surface area contributed by atoms with Gasteiger partial charge in [0.15, 0.2) is 5.96 Å². The molecule has 0 saturated heterocycles. The Morgan fingerprint density at radius 2 is 1.86 bits per heavy atom. The molecule has 1 rings (SSSR count). The summed E-state index contributed by atoms with van der Waals surface area (Å²) < 4.78 is 5.82. The highest BCUT2D eigenvalue weighted by Crippen LogP contribution is 2.19. The van der Waals surface area contributed by atoms with Gasteiger partial charge in [-0.25, -0.2) is 4.99 Å². The fraction of sp³-hybridized carbons (Fsp3) is 0.562. The fourth-order valence-corrected chi connectivity index (χ4v) is 1.85. The number of nitrogens with zero attached hydrogens (tertiary/aromatic N) is 2. The van der Waals surface area contributed by atoms with Crippen molar-refractivity contribution in [3.8, 4) is 5.75 Å². The Hall–Kier alpha value is -0.980. The summed E-state index contributed by atoms with van der Waals surface area (Å²) in [5.74, 6) is 2.00. The lowest BCUT2D eigenvalue weighted by molar-refractivity contribution is 0.268. The highest BCUT2D eigenvalue weighted by molar-refractivity contribution is 14.0. The predicted molar refractivity (Wildman–Crippen MR) is 100 cm³/mol. The highest BCUT2D eigenvalue weighted by atomic mass is 127. The van der Waals surface area contributed by atoms with Crippen LogP contribution in [0.25, 0.3) is 0 Å². The van der Waals surface area contributed by atoms with Crippen LogP contribution in [-0.4, -0.2) is 30.6 Å². The Morgan fingerprint density at radius 3 is 2.43 bits per heavy atom. The summed E-state index contributed by atoms with van der Waals surface area (Å²) in [5.41, 5.74) is 7.07. The number of rotatable bonds is 7. The number of halogens is 1. The zero-order valence-corrected chi connectivity index (χ0v) is 15.8. The van der Waals surface area contributed by atoms with E-state index in [1.807, 2.05) is 29.2 Å². The van der Waals surface area contributed by atoms with Gasteiger partial charge in [0.1, 0.15) is 5.75 Å². The van der Waals surface area contributed by atoms with Crippen LogP contribution < -0.4 is 10.5 Å². The monoisotopic (exact) mass is 405 g/mol. The third-order valence-electron chi connectivity index (χ3n) is 3.04. The van der Waals surface area contributed by atoms with Crippen LogP contribution in [0.2, 0.25) is 0 Å². The van der Waals surface area contributed by atoms with Crippen molar-refractivity contribution in [1.82, 2.24) is 4.90 Å². The standard InChI is InChI=1S/C16H27N3O.HI/c1-5-19(6-2)16(17)18-11-14-9-7-8-10-15(14)20-12-13(3)4;/h7-10,13H,5-6,11-12H2,1-4H3,(H2,17,18);1H. The SMILES string of the molecule is CCN(CC)C(N)=NCc1ccccc1OCC(C)C.I. The van der Waals surface area contributed by atoms with Gasteiger partial charge < -0.3 is 15.4 Å². The average molecular weight is 405 g/mol. The zero-order chi connectivity index (χ0) is 15.0. The average Bonchev–Trinajstić information content (AvgIpc) is 2.45. The Kier molecular flexibility index (Phi) is 10.2. The van der Waals surface area contributed by atoms with E-state index in [1.54, 1.807) is 0 Å². The van der Waals surface area contributed by atoms with E-state index in [0.29, 0.717) is 25.0 Å². The number of hydrogen-bond acceptors (Lipinski definition) is 2. The molecule has 21 heavy (non-hydrogen) atoms. The van der Waals surface area contributed by atoms with Crippen molar-refractivity contribution in [1.29, 1.82) is 0 Å². The van der Waals surface area contributed by atoms with E-state index in [-0.39, 0.29) is 24.0 Å². The van der Waals surface area contributed by atoms with Gasteiger partial charge in [-0.3, -0.25) is 0 Å². The molecule has 0 radical (unpaired) electrons. The minimum Gasteiger partial charge on any atom is -0.493 e. The first kappa shape index (κ1) is 20.0. The molecule has 0 heterocycles. The van der Waals surface area contributed by atoms with Gasteiger partial charge >= 0.3 is 0 Å². The number of nitrogens with two attached hydrogens (primary N) is 1. The van der Waals surface area contributed by atoms with Crippen LogP contribution in [0.15, 0.2) is 29.3 Å². The largest absolute Gasteiger partial charge is 0.493 e. The molecule has 0 aliphatic carbocycles. The minimum atomic E-state index is 0. The van der Waals surface area contributed by atoms with E-state index in [0.717, 1.165) is 24.4 Å². The third-order valence-corrected chi connectivity index (χ3v) is 3.04. The quantitative estimate of drug-likeness (QED) is 0.429. The minimum absolute atomic E-state index is 0. The lowest BCUT2D eigenvalue weighted by Crippen LogP contribution is -2.37. The molecule has 0 aliphatic heterocycles. The number of guanidine groups is 1. The highest BCUT2D eigenvalue weighted by Gasteiger charge is 2.06. The van der Waals surface area contributed by atoms with Crippen molar-refractivity contribution < 1.29 is 4.74 Å². The van der Waals surface area contributed by atoms with E-state index in [2.05, 4.69) is 32.7 Å². The van der Waals surface area contributed by atoms with Gasteiger partial charge in [0.2, 0.25) is 0 Å². The Morgan fingerprint density at radius 1 is 1.24 bits per heavy atom. The summed E-state index contributed by atoms with van der Waals surface area (Å²) in [7, 11) is 0. The van der Waals surface area contributed by atoms with Crippen LogP contribution in [0.4, 0.5) is 0 Å². The summed E-state index contributed by atoms with van der Waals surface area (Å²) in [5, 5.41) is 0. The summed E-state index contributed by atoms with van der Waals surface area (Å²) in [4.78, 5) is 6.50. The second kappa shape index (κ2) is 10.7. The summed E-state index contributed by atoms with van der Waals surface area (Å²) >= 11 is 0. The molecule has 2 N–H and O–H groups in total. The lowest BCUT2D eigenvalue weighted by Gasteiger charge is -2.19. The molecule has 0 saturated carbocycles. The van der Waals surface area contributed by atoms with Crippen molar-refractivity contribution in [2.24, 2.45) is 16.6 Å². The predicted octanol–water partition coefficient (Wildman–Crippen LogP) is 3.50. The molecule has 0 fully saturated rings. The number of benzene rings is 1. The van der Waals surface area contributed by atoms with Gasteiger partial charge in [0.05, 0.1) is 13.2 Å². The van der Waals surface area contributed by atoms with E-state index < -0.39 is 0 Å². The van der Waals surface area contributed by atoms with Crippen LogP contribution >= 0.6 is 24.0 Å². The van der Waals surface area contributed by atoms with E-state index >= 15 is 0 Å². The number of para-hydroxylation sites is 1. The summed E-state index contributed by atoms with van der Waals surface area (Å²) in [6.07, 6.45) is 0. The molecule has 5 heteroatoms. The van der Waals surface area contributed by atoms with Crippen LogP contribution in [0.1, 0.15) is 33.3 Å². The van der Waals surface area contributed by atoms with Gasteiger partial charge in [-0.05, 0) is 25.8 Å². The normalized spacial score (nSPS) is 11.2. The van der Waals surface area contributed by atoms with Gasteiger partial charge in [-0.2, -0.15) is 0 Å². The van der Waals surface area contributed by atoms with Gasteiger partial charge in [-0.1, -0.05) is 32.0 Å². The van der Waals surface area contributed by atoms with E-state index in [9.17, 15) is 0 Å². The van der Waals surface area contributed by atoms with Crippen molar-refractivity contribution >= 4 is 29.9 Å². The molecule has 120 valence electrons. The number of hydrogen-bond donors (Lipinski definition) is 1.